The fraction of sp³-hybridized carbons (Fsp3) is 0.538. The number of hydrogen-bond donors (Lipinski definition) is 1. The Kier molecular flexibility index (Phi) is 6.80. The Bertz CT molecular complexity index is 424. The lowest BCUT2D eigenvalue weighted by molar-refractivity contribution is -0.384. The number of anilines is 1. The second-order valence-corrected chi connectivity index (χ2v) is 5.39. The summed E-state index contributed by atoms with van der Waals surface area (Å²) in [4.78, 5) is 10.5. The highest BCUT2D eigenvalue weighted by molar-refractivity contribution is 9.10. The van der Waals surface area contributed by atoms with Gasteiger partial charge in [-0.15, -0.1) is 0 Å². The molecule has 0 aromatic heterocycles. The first-order valence-corrected chi connectivity index (χ1v) is 7.09. The summed E-state index contributed by atoms with van der Waals surface area (Å²) in [6.07, 6.45) is 2.11. The summed E-state index contributed by atoms with van der Waals surface area (Å²) in [6, 6.07) is 5.01. The summed E-state index contributed by atoms with van der Waals surface area (Å²) in [5.74, 6) is 0. The van der Waals surface area contributed by atoms with Crippen LogP contribution in [-0.4, -0.2) is 24.2 Å². The van der Waals surface area contributed by atoms with Gasteiger partial charge in [-0.3, -0.25) is 10.1 Å². The Morgan fingerprint density at radius 2 is 2.16 bits per heavy atom. The standard InChI is InChI=1S/C13H19BrN2O3/c1-10(2)19-8-4-3-7-15-12-6-5-11(14)9-13(12)16(17)18/h5-6,9-10,15H,3-4,7-8H2,1-2H3. The zero-order chi connectivity index (χ0) is 14.3. The average molecular weight is 331 g/mol. The maximum Gasteiger partial charge on any atom is 0.293 e. The van der Waals surface area contributed by atoms with Gasteiger partial charge in [0.15, 0.2) is 0 Å². The van der Waals surface area contributed by atoms with Crippen molar-refractivity contribution in [2.45, 2.75) is 32.8 Å². The molecule has 0 aliphatic carbocycles. The first kappa shape index (κ1) is 15.9. The fourth-order valence-electron chi connectivity index (χ4n) is 1.57. The normalized spacial score (nSPS) is 10.7. The molecular formula is C13H19BrN2O3. The van der Waals surface area contributed by atoms with E-state index in [0.29, 0.717) is 16.7 Å². The van der Waals surface area contributed by atoms with Crippen LogP contribution >= 0.6 is 15.9 Å². The van der Waals surface area contributed by atoms with Crippen molar-refractivity contribution < 1.29 is 9.66 Å². The number of nitrogens with one attached hydrogen (secondary N) is 1. The van der Waals surface area contributed by atoms with Gasteiger partial charge < -0.3 is 10.1 Å². The van der Waals surface area contributed by atoms with Crippen LogP contribution in [0.3, 0.4) is 0 Å². The molecule has 0 bridgehead atoms. The number of hydrogen-bond acceptors (Lipinski definition) is 4. The fourth-order valence-corrected chi connectivity index (χ4v) is 1.92. The smallest absolute Gasteiger partial charge is 0.293 e. The van der Waals surface area contributed by atoms with E-state index in [2.05, 4.69) is 21.2 Å². The molecule has 1 rings (SSSR count). The van der Waals surface area contributed by atoms with Crippen molar-refractivity contribution in [1.82, 2.24) is 0 Å². The molecule has 0 saturated heterocycles. The number of nitro groups is 1. The van der Waals surface area contributed by atoms with Gasteiger partial charge in [-0.25, -0.2) is 0 Å². The number of nitro benzene ring substituents is 1. The topological polar surface area (TPSA) is 64.4 Å². The van der Waals surface area contributed by atoms with E-state index in [1.54, 1.807) is 12.1 Å². The van der Waals surface area contributed by atoms with E-state index in [1.165, 1.54) is 6.07 Å². The van der Waals surface area contributed by atoms with Crippen molar-refractivity contribution in [3.8, 4) is 0 Å². The molecule has 0 radical (unpaired) electrons. The van der Waals surface area contributed by atoms with Crippen LogP contribution in [0.1, 0.15) is 26.7 Å². The van der Waals surface area contributed by atoms with Crippen LogP contribution in [0.2, 0.25) is 0 Å². The summed E-state index contributed by atoms with van der Waals surface area (Å²) in [5.41, 5.74) is 0.644. The van der Waals surface area contributed by atoms with Crippen molar-refractivity contribution >= 4 is 27.3 Å². The van der Waals surface area contributed by atoms with E-state index in [9.17, 15) is 10.1 Å². The molecule has 0 amide bonds. The molecule has 106 valence electrons. The Morgan fingerprint density at radius 3 is 2.79 bits per heavy atom. The van der Waals surface area contributed by atoms with Crippen LogP contribution in [0.4, 0.5) is 11.4 Å². The number of ether oxygens (including phenoxy) is 1. The van der Waals surface area contributed by atoms with E-state index < -0.39 is 0 Å². The number of unbranched alkanes of at least 4 members (excludes halogenated alkanes) is 1. The number of benzene rings is 1. The Labute approximate surface area is 121 Å². The third-order valence-electron chi connectivity index (χ3n) is 2.49. The molecule has 0 spiro atoms. The van der Waals surface area contributed by atoms with Crippen molar-refractivity contribution in [1.29, 1.82) is 0 Å². The maximum absolute atomic E-state index is 10.9. The average Bonchev–Trinajstić information content (AvgIpc) is 2.34. The third-order valence-corrected chi connectivity index (χ3v) is 2.99. The lowest BCUT2D eigenvalue weighted by atomic mass is 10.2. The molecule has 0 aliphatic rings. The minimum Gasteiger partial charge on any atom is -0.379 e. The third kappa shape index (κ3) is 6.02. The van der Waals surface area contributed by atoms with Crippen LogP contribution in [0.5, 0.6) is 0 Å². The minimum atomic E-state index is -0.380. The van der Waals surface area contributed by atoms with Crippen LogP contribution < -0.4 is 5.32 Å². The van der Waals surface area contributed by atoms with E-state index in [-0.39, 0.29) is 16.7 Å². The van der Waals surface area contributed by atoms with E-state index in [1.807, 2.05) is 13.8 Å². The zero-order valence-electron chi connectivity index (χ0n) is 11.2. The Morgan fingerprint density at radius 1 is 1.42 bits per heavy atom. The molecule has 1 aromatic rings. The number of nitrogens with zero attached hydrogens (tertiary/aromatic N) is 1. The highest BCUT2D eigenvalue weighted by Gasteiger charge is 2.13. The van der Waals surface area contributed by atoms with Crippen molar-refractivity contribution in [3.63, 3.8) is 0 Å². The SMILES string of the molecule is CC(C)OCCCCNc1ccc(Br)cc1[N+](=O)[O-]. The van der Waals surface area contributed by atoms with E-state index in [4.69, 9.17) is 4.74 Å². The van der Waals surface area contributed by atoms with Gasteiger partial charge in [0.2, 0.25) is 0 Å². The molecule has 0 heterocycles. The van der Waals surface area contributed by atoms with E-state index >= 15 is 0 Å². The van der Waals surface area contributed by atoms with E-state index in [0.717, 1.165) is 19.4 Å². The molecule has 19 heavy (non-hydrogen) atoms. The quantitative estimate of drug-likeness (QED) is 0.445. The van der Waals surface area contributed by atoms with Crippen LogP contribution in [0.25, 0.3) is 0 Å². The second-order valence-electron chi connectivity index (χ2n) is 4.47. The first-order valence-electron chi connectivity index (χ1n) is 6.30. The van der Waals surface area contributed by atoms with Gasteiger partial charge >= 0.3 is 0 Å². The summed E-state index contributed by atoms with van der Waals surface area (Å²) in [5, 5.41) is 14.0. The predicted octanol–water partition coefficient (Wildman–Crippen LogP) is 3.97. The molecule has 0 saturated carbocycles. The highest BCUT2D eigenvalue weighted by atomic mass is 79.9. The second kappa shape index (κ2) is 8.12. The molecule has 0 aliphatic heterocycles. The number of rotatable bonds is 8. The van der Waals surface area contributed by atoms with Gasteiger partial charge in [-0.05, 0) is 38.8 Å². The van der Waals surface area contributed by atoms with Gasteiger partial charge in [0.05, 0.1) is 11.0 Å². The molecule has 0 unspecified atom stereocenters. The van der Waals surface area contributed by atoms with Crippen LogP contribution in [0, 0.1) is 10.1 Å². The first-order chi connectivity index (χ1) is 9.00. The van der Waals surface area contributed by atoms with Gasteiger partial charge in [-0.1, -0.05) is 15.9 Å². The predicted molar refractivity (Wildman–Crippen MR) is 79.6 cm³/mol. The molecule has 5 nitrogen and oxygen atoms in total. The largest absolute Gasteiger partial charge is 0.379 e. The monoisotopic (exact) mass is 330 g/mol. The summed E-state index contributed by atoms with van der Waals surface area (Å²) in [7, 11) is 0. The van der Waals surface area contributed by atoms with Crippen molar-refractivity contribution in [2.75, 3.05) is 18.5 Å². The highest BCUT2D eigenvalue weighted by Crippen LogP contribution is 2.27. The number of halogens is 1. The summed E-state index contributed by atoms with van der Waals surface area (Å²) >= 11 is 3.23. The maximum atomic E-state index is 10.9. The van der Waals surface area contributed by atoms with Gasteiger partial charge in [0, 0.05) is 23.7 Å². The molecule has 1 aromatic carbocycles. The molecule has 1 N–H and O–H groups in total. The summed E-state index contributed by atoms with van der Waals surface area (Å²) < 4.78 is 6.13. The van der Waals surface area contributed by atoms with Gasteiger partial charge in [0.1, 0.15) is 5.69 Å². The van der Waals surface area contributed by atoms with Crippen LogP contribution in [-0.2, 0) is 4.74 Å². The van der Waals surface area contributed by atoms with Gasteiger partial charge in [-0.2, -0.15) is 0 Å². The minimum absolute atomic E-state index is 0.0906. The van der Waals surface area contributed by atoms with Crippen LogP contribution in [0.15, 0.2) is 22.7 Å². The summed E-state index contributed by atoms with van der Waals surface area (Å²) in [6.45, 7) is 5.43. The lowest BCUT2D eigenvalue weighted by Gasteiger charge is -2.09. The Balaban J connectivity index is 2.39. The molecule has 0 atom stereocenters. The van der Waals surface area contributed by atoms with Crippen molar-refractivity contribution in [3.05, 3.63) is 32.8 Å². The molecular weight excluding hydrogens is 312 g/mol. The zero-order valence-corrected chi connectivity index (χ0v) is 12.8. The Hall–Kier alpha value is -1.14. The molecule has 6 heteroatoms. The molecule has 0 fully saturated rings. The van der Waals surface area contributed by atoms with Crippen molar-refractivity contribution in [2.24, 2.45) is 0 Å². The lowest BCUT2D eigenvalue weighted by Crippen LogP contribution is -2.08. The van der Waals surface area contributed by atoms with Gasteiger partial charge in [0.25, 0.3) is 5.69 Å².